The van der Waals surface area contributed by atoms with Gasteiger partial charge in [0.25, 0.3) is 10.0 Å². The summed E-state index contributed by atoms with van der Waals surface area (Å²) in [6.07, 6.45) is 1.50. The van der Waals surface area contributed by atoms with Crippen LogP contribution in [0.25, 0.3) is 20.7 Å². The predicted molar refractivity (Wildman–Crippen MR) is 157 cm³/mol. The molecule has 19 heteroatoms. The number of thioether (sulfide) groups is 1. The molecule has 0 radical (unpaired) electrons. The Morgan fingerprint density at radius 3 is 2.81 bits per heavy atom. The van der Waals surface area contributed by atoms with Gasteiger partial charge in [0.2, 0.25) is 10.2 Å². The molecule has 4 aromatic rings. The summed E-state index contributed by atoms with van der Waals surface area (Å²) in [5, 5.41) is 28.5. The van der Waals surface area contributed by atoms with E-state index in [1.807, 2.05) is 12.1 Å². The first-order valence-electron chi connectivity index (χ1n) is 12.4. The zero-order valence-electron chi connectivity index (χ0n) is 22.3. The number of thiazole rings is 1. The first-order chi connectivity index (χ1) is 20.6. The van der Waals surface area contributed by atoms with E-state index in [4.69, 9.17) is 20.1 Å². The lowest BCUT2D eigenvalue weighted by Gasteiger charge is -2.14. The second kappa shape index (κ2) is 14.7. The van der Waals surface area contributed by atoms with Gasteiger partial charge in [-0.3, -0.25) is 4.79 Å². The Kier molecular flexibility index (Phi) is 10.7. The highest BCUT2D eigenvalue weighted by Gasteiger charge is 2.21. The monoisotopic (exact) mass is 647 g/mol. The van der Waals surface area contributed by atoms with E-state index in [9.17, 15) is 23.1 Å². The molecule has 4 rings (SSSR count). The molecule has 0 bridgehead atoms. The summed E-state index contributed by atoms with van der Waals surface area (Å²) >= 11 is 2.26. The third-order valence-electron chi connectivity index (χ3n) is 5.47. The van der Waals surface area contributed by atoms with Gasteiger partial charge in [0.15, 0.2) is 0 Å². The van der Waals surface area contributed by atoms with E-state index in [0.717, 1.165) is 16.9 Å². The second-order valence-electron chi connectivity index (χ2n) is 8.77. The van der Waals surface area contributed by atoms with Gasteiger partial charge in [-0.2, -0.15) is 11.8 Å². The number of carbonyl (C=O) groups is 2. The molecule has 43 heavy (non-hydrogen) atoms. The van der Waals surface area contributed by atoms with Crippen molar-refractivity contribution >= 4 is 55.2 Å². The van der Waals surface area contributed by atoms with Crippen molar-refractivity contribution in [1.82, 2.24) is 25.3 Å². The van der Waals surface area contributed by atoms with Gasteiger partial charge in [-0.25, -0.2) is 28.0 Å². The van der Waals surface area contributed by atoms with Crippen LogP contribution in [0.1, 0.15) is 11.3 Å². The number of hydrogen-bond acceptors (Lipinski definition) is 12. The smallest absolute Gasteiger partial charge is 0.327 e. The summed E-state index contributed by atoms with van der Waals surface area (Å²) < 4.78 is 35.9. The third-order valence-corrected chi connectivity index (χ3v) is 8.91. The first kappa shape index (κ1) is 31.5. The number of azide groups is 1. The van der Waals surface area contributed by atoms with Crippen molar-refractivity contribution in [2.75, 3.05) is 18.9 Å². The molecule has 0 aliphatic heterocycles. The zero-order chi connectivity index (χ0) is 30.8. The molecule has 0 saturated carbocycles. The Morgan fingerprint density at radius 1 is 1.23 bits per heavy atom. The minimum absolute atomic E-state index is 0.0163. The van der Waals surface area contributed by atoms with Gasteiger partial charge in [0.05, 0.1) is 29.6 Å². The van der Waals surface area contributed by atoms with Crippen molar-refractivity contribution in [3.63, 3.8) is 0 Å². The lowest BCUT2D eigenvalue weighted by atomic mass is 10.2. The van der Waals surface area contributed by atoms with Crippen molar-refractivity contribution in [3.05, 3.63) is 70.4 Å². The lowest BCUT2D eigenvalue weighted by molar-refractivity contribution is -0.141. The maximum atomic E-state index is 12.5. The molecule has 2 aromatic carbocycles. The quantitative estimate of drug-likeness (QED) is 0.0690. The Hall–Kier alpha value is -4.42. The second-order valence-corrected chi connectivity index (χ2v) is 12.6. The molecule has 0 spiro atoms. The fraction of sp³-hybridized carbons (Fsp3) is 0.292. The van der Waals surface area contributed by atoms with Crippen LogP contribution in [-0.2, 0) is 38.5 Å². The van der Waals surface area contributed by atoms with Gasteiger partial charge in [-0.05, 0) is 41.4 Å². The number of nitrogens with zero attached hydrogens (tertiary/aromatic N) is 7. The number of primary sulfonamides is 1. The van der Waals surface area contributed by atoms with Crippen LogP contribution in [0.2, 0.25) is 0 Å². The van der Waals surface area contributed by atoms with Crippen LogP contribution < -0.4 is 19.9 Å². The number of amides is 1. The van der Waals surface area contributed by atoms with Crippen LogP contribution >= 0.6 is 23.1 Å². The SMILES string of the molecule is [N-]=[N+]=NCCOc1cccc(CSC[C@@H](NC(=O)Cn2cc(COc3ccc4nc(S(N)(=O)=O)sc4c3)nn2)C(=O)O)c1. The van der Waals surface area contributed by atoms with Gasteiger partial charge in [-0.15, -0.1) is 16.4 Å². The summed E-state index contributed by atoms with van der Waals surface area (Å²) in [5.74, 6) is -0.0623. The van der Waals surface area contributed by atoms with Crippen molar-refractivity contribution in [3.8, 4) is 11.5 Å². The standard InChI is InChI=1S/C24H25N9O7S3/c25-31-27-6-7-39-17-3-1-2-15(8-17)13-41-14-20(23(35)36)28-22(34)11-33-10-16(30-32-33)12-40-18-4-5-19-21(9-18)42-24(29-19)43(26,37)38/h1-5,8-10,20H,6-7,11-14H2,(H,28,34)(H,35,36)(H2,26,37,38)/t20-/m1/s1. The number of fused-ring (bicyclic) bond motifs is 1. The fourth-order valence-electron chi connectivity index (χ4n) is 3.57. The van der Waals surface area contributed by atoms with Crippen LogP contribution in [-0.4, -0.2) is 70.3 Å². The summed E-state index contributed by atoms with van der Waals surface area (Å²) in [4.78, 5) is 30.9. The molecule has 0 aliphatic rings. The van der Waals surface area contributed by atoms with Crippen LogP contribution in [0.15, 0.2) is 58.1 Å². The molecule has 0 saturated heterocycles. The van der Waals surface area contributed by atoms with E-state index in [-0.39, 0.29) is 36.4 Å². The van der Waals surface area contributed by atoms with Gasteiger partial charge in [-0.1, -0.05) is 22.5 Å². The number of nitrogens with one attached hydrogen (secondary N) is 1. The Balaban J connectivity index is 1.24. The molecule has 2 heterocycles. The number of carboxylic acid groups (broad SMARTS) is 1. The predicted octanol–water partition coefficient (Wildman–Crippen LogP) is 2.31. The van der Waals surface area contributed by atoms with Crippen LogP contribution in [0.5, 0.6) is 11.5 Å². The number of hydrogen-bond donors (Lipinski definition) is 3. The average molecular weight is 648 g/mol. The van der Waals surface area contributed by atoms with Crippen LogP contribution in [0.4, 0.5) is 0 Å². The van der Waals surface area contributed by atoms with Gasteiger partial charge < -0.3 is 19.9 Å². The molecule has 1 amide bonds. The van der Waals surface area contributed by atoms with Crippen molar-refractivity contribution in [1.29, 1.82) is 0 Å². The lowest BCUT2D eigenvalue weighted by Crippen LogP contribution is -2.44. The van der Waals surface area contributed by atoms with Crippen molar-refractivity contribution < 1.29 is 32.6 Å². The molecule has 0 fully saturated rings. The number of aromatic nitrogens is 4. The summed E-state index contributed by atoms with van der Waals surface area (Å²) in [6, 6.07) is 11.0. The minimum atomic E-state index is -3.91. The van der Waals surface area contributed by atoms with E-state index >= 15 is 0 Å². The largest absolute Gasteiger partial charge is 0.493 e. The maximum Gasteiger partial charge on any atom is 0.327 e. The Bertz CT molecular complexity index is 1750. The number of carboxylic acids is 1. The molecule has 4 N–H and O–H groups in total. The van der Waals surface area contributed by atoms with E-state index in [0.29, 0.717) is 33.2 Å². The molecule has 226 valence electrons. The molecule has 1 atom stereocenters. The number of benzene rings is 2. The van der Waals surface area contributed by atoms with Crippen LogP contribution in [0, 0.1) is 0 Å². The van der Waals surface area contributed by atoms with Crippen LogP contribution in [0.3, 0.4) is 0 Å². The molecular weight excluding hydrogens is 623 g/mol. The number of aliphatic carboxylic acids is 1. The van der Waals surface area contributed by atoms with E-state index < -0.39 is 27.9 Å². The third kappa shape index (κ3) is 9.55. The minimum Gasteiger partial charge on any atom is -0.493 e. The number of sulfonamides is 1. The number of carbonyl (C=O) groups excluding carboxylic acids is 1. The molecule has 0 unspecified atom stereocenters. The average Bonchev–Trinajstić information content (AvgIpc) is 3.60. The molecular formula is C24H25N9O7S3. The summed E-state index contributed by atoms with van der Waals surface area (Å²) in [5.41, 5.74) is 10.1. The number of rotatable bonds is 16. The normalized spacial score (nSPS) is 11.9. The van der Waals surface area contributed by atoms with Crippen molar-refractivity contribution in [2.24, 2.45) is 10.3 Å². The van der Waals surface area contributed by atoms with Gasteiger partial charge in [0, 0.05) is 16.4 Å². The Morgan fingerprint density at radius 2 is 2.05 bits per heavy atom. The molecule has 2 aromatic heterocycles. The molecule has 16 nitrogen and oxygen atoms in total. The highest BCUT2D eigenvalue weighted by atomic mass is 32.2. The van der Waals surface area contributed by atoms with E-state index in [1.54, 1.807) is 30.3 Å². The van der Waals surface area contributed by atoms with Gasteiger partial charge >= 0.3 is 5.97 Å². The van der Waals surface area contributed by atoms with E-state index in [1.165, 1.54) is 22.6 Å². The number of ether oxygens (including phenoxy) is 2. The Labute approximate surface area is 252 Å². The highest BCUT2D eigenvalue weighted by molar-refractivity contribution is 7.98. The first-order valence-corrected chi connectivity index (χ1v) is 15.9. The highest BCUT2D eigenvalue weighted by Crippen LogP contribution is 2.28. The zero-order valence-corrected chi connectivity index (χ0v) is 24.7. The fourth-order valence-corrected chi connectivity index (χ4v) is 6.24. The van der Waals surface area contributed by atoms with E-state index in [2.05, 4.69) is 30.6 Å². The number of nitrogens with two attached hydrogens (primary N) is 1. The maximum absolute atomic E-state index is 12.5. The molecule has 0 aliphatic carbocycles. The van der Waals surface area contributed by atoms with Gasteiger partial charge in [0.1, 0.15) is 36.4 Å². The summed E-state index contributed by atoms with van der Waals surface area (Å²) in [6.45, 7) is 0.212. The van der Waals surface area contributed by atoms with Crippen molar-refractivity contribution in [2.45, 2.75) is 29.3 Å². The summed E-state index contributed by atoms with van der Waals surface area (Å²) in [7, 11) is -3.91. The topological polar surface area (TPSA) is 237 Å².